The van der Waals surface area contributed by atoms with Crippen LogP contribution in [0.4, 0.5) is 4.39 Å². The Hall–Kier alpha value is -2.48. The lowest BCUT2D eigenvalue weighted by molar-refractivity contribution is 0.0910. The van der Waals surface area contributed by atoms with Crippen LogP contribution in [0.1, 0.15) is 47.6 Å². The number of nitriles is 1. The zero-order valence-electron chi connectivity index (χ0n) is 12.8. The fraction of sp³-hybridized carbons (Fsp3) is 0.353. The Bertz CT molecular complexity index is 827. The molecular formula is C17H16FN3O. The normalized spacial score (nSPS) is 16.2. The molecule has 0 saturated heterocycles. The molecule has 0 aliphatic heterocycles. The van der Waals surface area contributed by atoms with Gasteiger partial charge in [0.2, 0.25) is 0 Å². The number of halogens is 1. The Morgan fingerprint density at radius 3 is 2.73 bits per heavy atom. The highest BCUT2D eigenvalue weighted by Crippen LogP contribution is 2.37. The summed E-state index contributed by atoms with van der Waals surface area (Å²) in [7, 11) is 0. The van der Waals surface area contributed by atoms with E-state index in [2.05, 4.69) is 5.10 Å². The van der Waals surface area contributed by atoms with E-state index in [0.717, 1.165) is 5.69 Å². The molecule has 2 aromatic rings. The van der Waals surface area contributed by atoms with Crippen molar-refractivity contribution >= 4 is 5.78 Å². The number of aromatic nitrogens is 2. The average Bonchev–Trinajstić information content (AvgIpc) is 2.74. The molecule has 1 aromatic carbocycles. The first kappa shape index (κ1) is 14.5. The zero-order valence-corrected chi connectivity index (χ0v) is 12.8. The van der Waals surface area contributed by atoms with Crippen LogP contribution in [0.15, 0.2) is 18.2 Å². The summed E-state index contributed by atoms with van der Waals surface area (Å²) in [6, 6.07) is 6.18. The first-order valence-electron chi connectivity index (χ1n) is 7.14. The highest BCUT2D eigenvalue weighted by atomic mass is 19.1. The summed E-state index contributed by atoms with van der Waals surface area (Å²) in [5, 5.41) is 13.2. The van der Waals surface area contributed by atoms with Crippen LogP contribution in [-0.2, 0) is 6.42 Å². The minimum atomic E-state index is -0.580. The molecule has 1 aliphatic carbocycles. The second kappa shape index (κ2) is 4.77. The largest absolute Gasteiger partial charge is 0.294 e. The molecular weight excluding hydrogens is 281 g/mol. The number of rotatable bonds is 1. The smallest absolute Gasteiger partial charge is 0.167 e. The monoisotopic (exact) mass is 297 g/mol. The first-order chi connectivity index (χ1) is 10.3. The molecule has 0 unspecified atom stereocenters. The van der Waals surface area contributed by atoms with Crippen LogP contribution in [0.25, 0.3) is 5.69 Å². The standard InChI is InChI=1S/C17H16FN3O/c1-10-16-14(7-17(2,3)8-15(16)22)21(20-10)12-5-4-11(9-19)13(18)6-12/h4-6H,7-8H2,1-3H3. The van der Waals surface area contributed by atoms with Gasteiger partial charge >= 0.3 is 0 Å². The van der Waals surface area contributed by atoms with Gasteiger partial charge in [-0.15, -0.1) is 0 Å². The van der Waals surface area contributed by atoms with Crippen molar-refractivity contribution < 1.29 is 9.18 Å². The zero-order chi connectivity index (χ0) is 16.1. The van der Waals surface area contributed by atoms with Gasteiger partial charge < -0.3 is 0 Å². The van der Waals surface area contributed by atoms with Crippen molar-refractivity contribution in [3.8, 4) is 11.8 Å². The molecule has 0 radical (unpaired) electrons. The third-order valence-electron chi connectivity index (χ3n) is 4.04. The number of aryl methyl sites for hydroxylation is 1. The van der Waals surface area contributed by atoms with Crippen molar-refractivity contribution in [1.82, 2.24) is 9.78 Å². The fourth-order valence-electron chi connectivity index (χ4n) is 3.08. The van der Waals surface area contributed by atoms with E-state index in [-0.39, 0.29) is 16.8 Å². The summed E-state index contributed by atoms with van der Waals surface area (Å²) in [4.78, 5) is 12.4. The number of hydrogen-bond donors (Lipinski definition) is 0. The van der Waals surface area contributed by atoms with E-state index in [1.165, 1.54) is 12.1 Å². The van der Waals surface area contributed by atoms with Gasteiger partial charge in [0, 0.05) is 12.5 Å². The highest BCUT2D eigenvalue weighted by Gasteiger charge is 2.35. The summed E-state index contributed by atoms with van der Waals surface area (Å²) in [5.74, 6) is -0.493. The van der Waals surface area contributed by atoms with E-state index in [1.54, 1.807) is 23.7 Å². The van der Waals surface area contributed by atoms with E-state index in [9.17, 15) is 9.18 Å². The van der Waals surface area contributed by atoms with Gasteiger partial charge in [0.05, 0.1) is 28.2 Å². The number of benzene rings is 1. The number of carbonyl (C=O) groups excluding carboxylic acids is 1. The van der Waals surface area contributed by atoms with Crippen molar-refractivity contribution in [3.05, 3.63) is 46.5 Å². The van der Waals surface area contributed by atoms with Gasteiger partial charge in [-0.2, -0.15) is 10.4 Å². The molecule has 5 heteroatoms. The molecule has 4 nitrogen and oxygen atoms in total. The van der Waals surface area contributed by atoms with Crippen LogP contribution in [-0.4, -0.2) is 15.6 Å². The van der Waals surface area contributed by atoms with Crippen molar-refractivity contribution in [2.75, 3.05) is 0 Å². The van der Waals surface area contributed by atoms with Crippen LogP contribution < -0.4 is 0 Å². The molecule has 0 fully saturated rings. The van der Waals surface area contributed by atoms with Gasteiger partial charge in [0.25, 0.3) is 0 Å². The number of Topliss-reactive ketones (excluding diaryl/α,β-unsaturated/α-hetero) is 1. The van der Waals surface area contributed by atoms with E-state index in [1.807, 2.05) is 13.8 Å². The lowest BCUT2D eigenvalue weighted by Crippen LogP contribution is -2.28. The maximum Gasteiger partial charge on any atom is 0.167 e. The van der Waals surface area contributed by atoms with Gasteiger partial charge in [-0.3, -0.25) is 4.79 Å². The van der Waals surface area contributed by atoms with Crippen LogP contribution in [0.3, 0.4) is 0 Å². The Labute approximate surface area is 128 Å². The van der Waals surface area contributed by atoms with E-state index in [4.69, 9.17) is 5.26 Å². The quantitative estimate of drug-likeness (QED) is 0.811. The Kier molecular flexibility index (Phi) is 3.13. The van der Waals surface area contributed by atoms with E-state index >= 15 is 0 Å². The lowest BCUT2D eigenvalue weighted by Gasteiger charge is -2.29. The van der Waals surface area contributed by atoms with E-state index in [0.29, 0.717) is 29.8 Å². The number of carbonyl (C=O) groups is 1. The van der Waals surface area contributed by atoms with Crippen LogP contribution in [0.5, 0.6) is 0 Å². The van der Waals surface area contributed by atoms with Crippen LogP contribution >= 0.6 is 0 Å². The topological polar surface area (TPSA) is 58.7 Å². The second-order valence-corrected chi connectivity index (χ2v) is 6.54. The number of ketones is 1. The predicted molar refractivity (Wildman–Crippen MR) is 79.4 cm³/mol. The summed E-state index contributed by atoms with van der Waals surface area (Å²) in [6.45, 7) is 5.88. The minimum Gasteiger partial charge on any atom is -0.294 e. The van der Waals surface area contributed by atoms with Gasteiger partial charge in [-0.1, -0.05) is 13.8 Å². The molecule has 22 heavy (non-hydrogen) atoms. The minimum absolute atomic E-state index is 0.00194. The molecule has 112 valence electrons. The molecule has 0 amide bonds. The molecule has 0 bridgehead atoms. The third-order valence-corrected chi connectivity index (χ3v) is 4.04. The molecule has 0 spiro atoms. The molecule has 1 aromatic heterocycles. The van der Waals surface area contributed by atoms with E-state index < -0.39 is 5.82 Å². The van der Waals surface area contributed by atoms with Gasteiger partial charge in [-0.05, 0) is 30.9 Å². The van der Waals surface area contributed by atoms with Crippen LogP contribution in [0.2, 0.25) is 0 Å². The number of fused-ring (bicyclic) bond motifs is 1. The summed E-state index contributed by atoms with van der Waals surface area (Å²) in [5.41, 5.74) is 2.54. The summed E-state index contributed by atoms with van der Waals surface area (Å²) < 4.78 is 15.5. The average molecular weight is 297 g/mol. The summed E-state index contributed by atoms with van der Waals surface area (Å²) in [6.07, 6.45) is 1.20. The number of hydrogen-bond acceptors (Lipinski definition) is 3. The number of nitrogens with zero attached hydrogens (tertiary/aromatic N) is 3. The van der Waals surface area contributed by atoms with Crippen LogP contribution in [0, 0.1) is 29.5 Å². The van der Waals surface area contributed by atoms with Gasteiger partial charge in [0.1, 0.15) is 11.9 Å². The Balaban J connectivity index is 2.18. The molecule has 0 atom stereocenters. The van der Waals surface area contributed by atoms with Gasteiger partial charge in [-0.25, -0.2) is 9.07 Å². The molecule has 1 heterocycles. The lowest BCUT2D eigenvalue weighted by atomic mass is 9.75. The van der Waals surface area contributed by atoms with Crippen molar-refractivity contribution in [1.29, 1.82) is 5.26 Å². The molecule has 0 saturated carbocycles. The first-order valence-corrected chi connectivity index (χ1v) is 7.14. The second-order valence-electron chi connectivity index (χ2n) is 6.54. The molecule has 3 rings (SSSR count). The van der Waals surface area contributed by atoms with Crippen molar-refractivity contribution in [2.45, 2.75) is 33.6 Å². The van der Waals surface area contributed by atoms with Crippen molar-refractivity contribution in [3.63, 3.8) is 0 Å². The van der Waals surface area contributed by atoms with Gasteiger partial charge in [0.15, 0.2) is 5.78 Å². The highest BCUT2D eigenvalue weighted by molar-refractivity contribution is 5.99. The summed E-state index contributed by atoms with van der Waals surface area (Å²) >= 11 is 0. The SMILES string of the molecule is Cc1nn(-c2ccc(C#N)c(F)c2)c2c1C(=O)CC(C)(C)C2. The maximum absolute atomic E-state index is 13.9. The predicted octanol–water partition coefficient (Wildman–Crippen LogP) is 3.35. The fourth-order valence-corrected chi connectivity index (χ4v) is 3.08. The van der Waals surface area contributed by atoms with Crippen molar-refractivity contribution in [2.24, 2.45) is 5.41 Å². The molecule has 0 N–H and O–H groups in total. The Morgan fingerprint density at radius 1 is 1.36 bits per heavy atom. The maximum atomic E-state index is 13.9. The third kappa shape index (κ3) is 2.21. The molecule has 1 aliphatic rings. The Morgan fingerprint density at radius 2 is 2.09 bits per heavy atom.